The molecule has 0 aromatic rings. The van der Waals surface area contributed by atoms with Crippen molar-refractivity contribution in [3.05, 3.63) is 11.3 Å². The molecular formula is C13H16N2O6S. The van der Waals surface area contributed by atoms with Gasteiger partial charge in [0.1, 0.15) is 23.7 Å². The largest absolute Gasteiger partial charge is 0.464 e. The SMILES string of the molecule is COC(=O)C1=C(COC(C)=O)CS[C@@H]2C(NC(C)=O)C(=O)N12. The van der Waals surface area contributed by atoms with Crippen LogP contribution in [0.15, 0.2) is 11.3 Å². The molecular weight excluding hydrogens is 312 g/mol. The molecule has 2 aliphatic heterocycles. The van der Waals surface area contributed by atoms with E-state index in [1.165, 1.54) is 37.6 Å². The summed E-state index contributed by atoms with van der Waals surface area (Å²) in [6.45, 7) is 2.51. The molecule has 1 unspecified atom stereocenters. The molecule has 1 saturated heterocycles. The summed E-state index contributed by atoms with van der Waals surface area (Å²) in [6.07, 6.45) is 0. The van der Waals surface area contributed by atoms with Crippen molar-refractivity contribution in [3.8, 4) is 0 Å². The molecule has 0 saturated carbocycles. The number of ether oxygens (including phenoxy) is 2. The average Bonchev–Trinajstić information content (AvgIpc) is 2.48. The third-order valence-corrected chi connectivity index (χ3v) is 4.57. The third-order valence-electron chi connectivity index (χ3n) is 3.23. The fourth-order valence-electron chi connectivity index (χ4n) is 2.29. The first-order chi connectivity index (χ1) is 10.4. The first-order valence-electron chi connectivity index (χ1n) is 6.52. The third kappa shape index (κ3) is 2.94. The number of rotatable bonds is 4. The lowest BCUT2D eigenvalue weighted by Gasteiger charge is -2.49. The summed E-state index contributed by atoms with van der Waals surface area (Å²) in [6, 6.07) is -0.655. The molecule has 120 valence electrons. The Kier molecular flexibility index (Phi) is 4.74. The van der Waals surface area contributed by atoms with E-state index in [1.807, 2.05) is 0 Å². The van der Waals surface area contributed by atoms with Gasteiger partial charge in [0.15, 0.2) is 0 Å². The molecule has 0 aromatic heterocycles. The van der Waals surface area contributed by atoms with Crippen molar-refractivity contribution in [1.29, 1.82) is 0 Å². The molecule has 2 heterocycles. The van der Waals surface area contributed by atoms with Gasteiger partial charge in [-0.1, -0.05) is 0 Å². The predicted molar refractivity (Wildman–Crippen MR) is 76.4 cm³/mol. The molecule has 2 atom stereocenters. The minimum atomic E-state index is -0.665. The summed E-state index contributed by atoms with van der Waals surface area (Å²) in [5, 5.41) is 2.20. The zero-order valence-corrected chi connectivity index (χ0v) is 13.2. The van der Waals surface area contributed by atoms with Crippen molar-refractivity contribution < 1.29 is 28.7 Å². The van der Waals surface area contributed by atoms with Crippen LogP contribution < -0.4 is 5.32 Å². The van der Waals surface area contributed by atoms with Crippen LogP contribution in [-0.2, 0) is 28.7 Å². The summed E-state index contributed by atoms with van der Waals surface area (Å²) in [7, 11) is 1.21. The van der Waals surface area contributed by atoms with Crippen LogP contribution in [0.5, 0.6) is 0 Å². The highest BCUT2D eigenvalue weighted by atomic mass is 32.2. The van der Waals surface area contributed by atoms with Crippen LogP contribution >= 0.6 is 11.8 Å². The van der Waals surface area contributed by atoms with E-state index in [9.17, 15) is 19.2 Å². The number of methoxy groups -OCH3 is 1. The van der Waals surface area contributed by atoms with E-state index in [1.54, 1.807) is 0 Å². The van der Waals surface area contributed by atoms with Gasteiger partial charge < -0.3 is 14.8 Å². The van der Waals surface area contributed by atoms with Gasteiger partial charge in [0.25, 0.3) is 5.91 Å². The molecule has 8 nitrogen and oxygen atoms in total. The molecule has 1 N–H and O–H groups in total. The molecule has 2 rings (SSSR count). The fraction of sp³-hybridized carbons (Fsp3) is 0.538. The summed E-state index contributed by atoms with van der Waals surface area (Å²) in [5.74, 6) is -1.43. The van der Waals surface area contributed by atoms with Crippen LogP contribution in [0, 0.1) is 0 Å². The number of thioether (sulfide) groups is 1. The molecule has 2 amide bonds. The smallest absolute Gasteiger partial charge is 0.354 e. The van der Waals surface area contributed by atoms with Crippen molar-refractivity contribution in [1.82, 2.24) is 10.2 Å². The first-order valence-corrected chi connectivity index (χ1v) is 7.57. The minimum absolute atomic E-state index is 0.0753. The summed E-state index contributed by atoms with van der Waals surface area (Å²) >= 11 is 1.39. The van der Waals surface area contributed by atoms with E-state index < -0.39 is 18.0 Å². The Balaban J connectivity index is 2.25. The van der Waals surface area contributed by atoms with Gasteiger partial charge in [-0.25, -0.2) is 4.79 Å². The monoisotopic (exact) mass is 328 g/mol. The second kappa shape index (κ2) is 6.39. The number of esters is 2. The molecule has 0 aromatic carbocycles. The molecule has 1 fully saturated rings. The highest BCUT2D eigenvalue weighted by Gasteiger charge is 2.54. The molecule has 0 bridgehead atoms. The first kappa shape index (κ1) is 16.3. The molecule has 0 spiro atoms. The maximum atomic E-state index is 12.2. The number of hydrogen-bond acceptors (Lipinski definition) is 7. The van der Waals surface area contributed by atoms with E-state index in [2.05, 4.69) is 5.32 Å². The van der Waals surface area contributed by atoms with Crippen LogP contribution in [0.2, 0.25) is 0 Å². The van der Waals surface area contributed by atoms with Crippen LogP contribution in [0.4, 0.5) is 0 Å². The zero-order valence-electron chi connectivity index (χ0n) is 12.4. The number of nitrogens with one attached hydrogen (secondary N) is 1. The topological polar surface area (TPSA) is 102 Å². The van der Waals surface area contributed by atoms with E-state index in [0.717, 1.165) is 0 Å². The van der Waals surface area contributed by atoms with Gasteiger partial charge in [-0.3, -0.25) is 19.3 Å². The molecule has 2 aliphatic rings. The highest BCUT2D eigenvalue weighted by Crippen LogP contribution is 2.40. The van der Waals surface area contributed by atoms with E-state index in [4.69, 9.17) is 9.47 Å². The van der Waals surface area contributed by atoms with Gasteiger partial charge in [-0.15, -0.1) is 11.8 Å². The number of hydrogen-bond donors (Lipinski definition) is 1. The number of amides is 2. The van der Waals surface area contributed by atoms with Gasteiger partial charge in [0, 0.05) is 25.2 Å². The van der Waals surface area contributed by atoms with Gasteiger partial charge in [-0.2, -0.15) is 0 Å². The molecule has 0 radical (unpaired) electrons. The van der Waals surface area contributed by atoms with Gasteiger partial charge in [0.05, 0.1) is 7.11 Å². The van der Waals surface area contributed by atoms with Gasteiger partial charge >= 0.3 is 11.9 Å². The normalized spacial score (nSPS) is 23.4. The Labute approximate surface area is 131 Å². The fourth-order valence-corrected chi connectivity index (χ4v) is 3.61. The second-order valence-corrected chi connectivity index (χ2v) is 5.92. The lowest BCUT2D eigenvalue weighted by Crippen LogP contribution is -2.70. The van der Waals surface area contributed by atoms with Crippen LogP contribution in [-0.4, -0.2) is 59.5 Å². The molecule has 9 heteroatoms. The second-order valence-electron chi connectivity index (χ2n) is 4.81. The quantitative estimate of drug-likeness (QED) is 0.543. The Morgan fingerprint density at radius 3 is 2.59 bits per heavy atom. The maximum Gasteiger partial charge on any atom is 0.354 e. The average molecular weight is 328 g/mol. The van der Waals surface area contributed by atoms with Gasteiger partial charge in [-0.05, 0) is 0 Å². The van der Waals surface area contributed by atoms with E-state index in [-0.39, 0.29) is 29.5 Å². The zero-order chi connectivity index (χ0) is 16.4. The predicted octanol–water partition coefficient (Wildman–Crippen LogP) is -0.604. The van der Waals surface area contributed by atoms with Gasteiger partial charge in [0.2, 0.25) is 5.91 Å². The summed E-state index contributed by atoms with van der Waals surface area (Å²) in [5.41, 5.74) is 0.608. The number of carbonyl (C=O) groups is 4. The Bertz CT molecular complexity index is 573. The number of fused-ring (bicyclic) bond motifs is 1. The maximum absolute atomic E-state index is 12.2. The Hall–Kier alpha value is -2.03. The minimum Gasteiger partial charge on any atom is -0.464 e. The standard InChI is InChI=1S/C13H16N2O6S/c1-6(16)14-9-11(18)15-10(13(19)20-3)8(4-21-7(2)17)5-22-12(9)15/h9,12H,4-5H2,1-3H3,(H,14,16)/t9?,12-/m1/s1. The van der Waals surface area contributed by atoms with Crippen molar-refractivity contribution >= 4 is 35.5 Å². The summed E-state index contributed by atoms with van der Waals surface area (Å²) in [4.78, 5) is 47.5. The lowest BCUT2D eigenvalue weighted by molar-refractivity contribution is -0.151. The van der Waals surface area contributed by atoms with Crippen molar-refractivity contribution in [3.63, 3.8) is 0 Å². The lowest BCUT2D eigenvalue weighted by atomic mass is 10.0. The van der Waals surface area contributed by atoms with Crippen LogP contribution in [0.25, 0.3) is 0 Å². The number of nitrogens with zero attached hydrogens (tertiary/aromatic N) is 1. The van der Waals surface area contributed by atoms with Crippen molar-refractivity contribution in [2.24, 2.45) is 0 Å². The summed E-state index contributed by atoms with van der Waals surface area (Å²) < 4.78 is 9.63. The van der Waals surface area contributed by atoms with E-state index >= 15 is 0 Å². The number of β-lactam (4-membered cyclic amide) rings is 1. The Morgan fingerprint density at radius 2 is 2.05 bits per heavy atom. The van der Waals surface area contributed by atoms with Crippen LogP contribution in [0.3, 0.4) is 0 Å². The molecule has 22 heavy (non-hydrogen) atoms. The van der Waals surface area contributed by atoms with E-state index in [0.29, 0.717) is 11.3 Å². The molecule has 0 aliphatic carbocycles. The van der Waals surface area contributed by atoms with Crippen molar-refractivity contribution in [2.75, 3.05) is 19.5 Å². The Morgan fingerprint density at radius 1 is 1.36 bits per heavy atom. The number of carbonyl (C=O) groups excluding carboxylic acids is 4. The highest BCUT2D eigenvalue weighted by molar-refractivity contribution is 8.00. The van der Waals surface area contributed by atoms with Crippen LogP contribution in [0.1, 0.15) is 13.8 Å². The van der Waals surface area contributed by atoms with Crippen molar-refractivity contribution in [2.45, 2.75) is 25.3 Å².